The molecule has 1 aromatic heterocycles. The lowest BCUT2D eigenvalue weighted by atomic mass is 10.2. The quantitative estimate of drug-likeness (QED) is 0.908. The Balaban J connectivity index is 2.30. The minimum atomic E-state index is -3.79. The van der Waals surface area contributed by atoms with E-state index in [2.05, 4.69) is 4.72 Å². The molecule has 0 unspecified atom stereocenters. The number of hydrogen-bond acceptors (Lipinski definition) is 4. The van der Waals surface area contributed by atoms with Gasteiger partial charge in [0.05, 0.1) is 17.3 Å². The van der Waals surface area contributed by atoms with Gasteiger partial charge >= 0.3 is 0 Å². The van der Waals surface area contributed by atoms with Gasteiger partial charge in [0.25, 0.3) is 10.0 Å². The summed E-state index contributed by atoms with van der Waals surface area (Å²) >= 11 is 5.98. The highest BCUT2D eigenvalue weighted by molar-refractivity contribution is 7.92. The fourth-order valence-corrected chi connectivity index (χ4v) is 2.88. The lowest BCUT2D eigenvalue weighted by Crippen LogP contribution is -2.12. The van der Waals surface area contributed by atoms with Crippen molar-refractivity contribution in [2.24, 2.45) is 5.73 Å². The average molecular weight is 301 g/mol. The number of furan rings is 1. The number of nitrogens with two attached hydrogens (primary N) is 1. The molecule has 1 aromatic carbocycles. The molecule has 2 rings (SSSR count). The summed E-state index contributed by atoms with van der Waals surface area (Å²) in [7, 11) is -3.79. The topological polar surface area (TPSA) is 85.3 Å². The summed E-state index contributed by atoms with van der Waals surface area (Å²) in [4.78, 5) is 0. The maximum Gasteiger partial charge on any atom is 0.295 e. The highest BCUT2D eigenvalue weighted by Gasteiger charge is 2.19. The summed E-state index contributed by atoms with van der Waals surface area (Å²) in [6.45, 7) is 2.00. The van der Waals surface area contributed by atoms with E-state index in [0.29, 0.717) is 16.5 Å². The van der Waals surface area contributed by atoms with E-state index in [1.807, 2.05) is 6.92 Å². The van der Waals surface area contributed by atoms with Crippen LogP contribution in [0.25, 0.3) is 0 Å². The van der Waals surface area contributed by atoms with Crippen LogP contribution in [0.4, 0.5) is 5.69 Å². The van der Waals surface area contributed by atoms with Crippen molar-refractivity contribution in [2.75, 3.05) is 4.72 Å². The van der Waals surface area contributed by atoms with Gasteiger partial charge in [0.1, 0.15) is 5.76 Å². The van der Waals surface area contributed by atoms with Crippen LogP contribution < -0.4 is 10.5 Å². The highest BCUT2D eigenvalue weighted by Crippen LogP contribution is 2.26. The van der Waals surface area contributed by atoms with Gasteiger partial charge in [-0.25, -0.2) is 0 Å². The lowest BCUT2D eigenvalue weighted by molar-refractivity contribution is 0.417. The van der Waals surface area contributed by atoms with Crippen LogP contribution >= 0.6 is 11.6 Å². The van der Waals surface area contributed by atoms with Gasteiger partial charge in [0.15, 0.2) is 0 Å². The minimum Gasteiger partial charge on any atom is -0.446 e. The van der Waals surface area contributed by atoms with E-state index in [-0.39, 0.29) is 11.6 Å². The highest BCUT2D eigenvalue weighted by atomic mass is 35.5. The fraction of sp³-hybridized carbons (Fsp3) is 0.167. The first kappa shape index (κ1) is 13.9. The first-order chi connectivity index (χ1) is 8.92. The molecule has 5 nitrogen and oxygen atoms in total. The maximum atomic E-state index is 12.1. The van der Waals surface area contributed by atoms with Crippen molar-refractivity contribution in [3.8, 4) is 0 Å². The van der Waals surface area contributed by atoms with Crippen molar-refractivity contribution in [1.82, 2.24) is 0 Å². The van der Waals surface area contributed by atoms with Gasteiger partial charge in [-0.1, -0.05) is 17.7 Å². The van der Waals surface area contributed by atoms with Crippen molar-refractivity contribution < 1.29 is 12.8 Å². The molecular formula is C12H13ClN2O3S. The van der Waals surface area contributed by atoms with Crippen molar-refractivity contribution in [3.05, 3.63) is 46.7 Å². The van der Waals surface area contributed by atoms with Crippen LogP contribution in [0.2, 0.25) is 5.02 Å². The number of sulfonamides is 1. The Bertz CT molecular complexity index is 695. The van der Waals surface area contributed by atoms with Gasteiger partial charge in [0.2, 0.25) is 5.09 Å². The van der Waals surface area contributed by atoms with E-state index in [0.717, 1.165) is 5.56 Å². The zero-order valence-electron chi connectivity index (χ0n) is 10.2. The van der Waals surface area contributed by atoms with Gasteiger partial charge in [0, 0.05) is 0 Å². The van der Waals surface area contributed by atoms with Crippen LogP contribution in [-0.2, 0) is 16.6 Å². The molecule has 0 saturated carbocycles. The second kappa shape index (κ2) is 5.24. The van der Waals surface area contributed by atoms with Crippen molar-refractivity contribution in [2.45, 2.75) is 18.6 Å². The van der Waals surface area contributed by atoms with Crippen molar-refractivity contribution in [3.63, 3.8) is 0 Å². The minimum absolute atomic E-state index is 0.140. The molecule has 7 heteroatoms. The molecule has 0 aliphatic heterocycles. The normalized spacial score (nSPS) is 11.5. The molecule has 3 N–H and O–H groups in total. The summed E-state index contributed by atoms with van der Waals surface area (Å²) in [6, 6.07) is 7.91. The molecule has 102 valence electrons. The maximum absolute atomic E-state index is 12.1. The summed E-state index contributed by atoms with van der Waals surface area (Å²) in [5, 5.41) is 0.138. The van der Waals surface area contributed by atoms with Gasteiger partial charge in [-0.15, -0.1) is 0 Å². The molecule has 0 bridgehead atoms. The number of benzene rings is 1. The molecule has 0 aliphatic carbocycles. The molecule has 2 aromatic rings. The standard InChI is InChI=1S/C12H13ClN2O3S/c1-8-2-4-11(10(13)6-8)15-19(16,17)12-5-3-9(7-14)18-12/h2-6,15H,7,14H2,1H3. The number of aryl methyl sites for hydroxylation is 1. The van der Waals surface area contributed by atoms with Gasteiger partial charge in [-0.3, -0.25) is 4.72 Å². The molecule has 0 amide bonds. The third-order valence-corrected chi connectivity index (χ3v) is 4.02. The Morgan fingerprint density at radius 2 is 2.05 bits per heavy atom. The molecule has 0 radical (unpaired) electrons. The van der Waals surface area contributed by atoms with E-state index in [9.17, 15) is 8.42 Å². The SMILES string of the molecule is Cc1ccc(NS(=O)(=O)c2ccc(CN)o2)c(Cl)c1. The largest absolute Gasteiger partial charge is 0.446 e. The van der Waals surface area contributed by atoms with Crippen molar-refractivity contribution >= 4 is 27.3 Å². The van der Waals surface area contributed by atoms with Crippen LogP contribution in [-0.4, -0.2) is 8.42 Å². The molecule has 0 spiro atoms. The summed E-state index contributed by atoms with van der Waals surface area (Å²) < 4.78 is 31.6. The van der Waals surface area contributed by atoms with Crippen LogP contribution in [0.3, 0.4) is 0 Å². The Morgan fingerprint density at radius 1 is 1.32 bits per heavy atom. The Hall–Kier alpha value is -1.50. The third-order valence-electron chi connectivity index (χ3n) is 2.47. The number of rotatable bonds is 4. The summed E-state index contributed by atoms with van der Waals surface area (Å²) in [5.41, 5.74) is 6.61. The molecule has 0 fully saturated rings. The molecule has 19 heavy (non-hydrogen) atoms. The van der Waals surface area contributed by atoms with Crippen LogP contribution in [0.1, 0.15) is 11.3 Å². The second-order valence-corrected chi connectivity index (χ2v) is 6.03. The molecule has 0 atom stereocenters. The van der Waals surface area contributed by atoms with Gasteiger partial charge in [-0.05, 0) is 36.8 Å². The summed E-state index contributed by atoms with van der Waals surface area (Å²) in [6.07, 6.45) is 0. The van der Waals surface area contributed by atoms with E-state index in [1.54, 1.807) is 18.2 Å². The predicted molar refractivity (Wildman–Crippen MR) is 73.6 cm³/mol. The van der Waals surface area contributed by atoms with Crippen LogP contribution in [0.15, 0.2) is 39.8 Å². The second-order valence-electron chi connectivity index (χ2n) is 4.01. The average Bonchev–Trinajstić information content (AvgIpc) is 2.82. The number of hydrogen-bond donors (Lipinski definition) is 2. The van der Waals surface area contributed by atoms with E-state index in [4.69, 9.17) is 21.8 Å². The van der Waals surface area contributed by atoms with Crippen molar-refractivity contribution in [1.29, 1.82) is 0 Å². The van der Waals surface area contributed by atoms with Crippen LogP contribution in [0, 0.1) is 6.92 Å². The van der Waals surface area contributed by atoms with Gasteiger partial charge in [-0.2, -0.15) is 8.42 Å². The zero-order chi connectivity index (χ0) is 14.0. The molecule has 0 saturated heterocycles. The Morgan fingerprint density at radius 3 is 2.63 bits per heavy atom. The number of anilines is 1. The first-order valence-corrected chi connectivity index (χ1v) is 7.36. The zero-order valence-corrected chi connectivity index (χ0v) is 11.8. The first-order valence-electron chi connectivity index (χ1n) is 5.50. The van der Waals surface area contributed by atoms with E-state index in [1.165, 1.54) is 12.1 Å². The van der Waals surface area contributed by atoms with Crippen LogP contribution in [0.5, 0.6) is 0 Å². The van der Waals surface area contributed by atoms with E-state index >= 15 is 0 Å². The van der Waals surface area contributed by atoms with E-state index < -0.39 is 10.0 Å². The number of halogens is 1. The molecule has 0 aliphatic rings. The Labute approximate surface area is 116 Å². The predicted octanol–water partition coefficient (Wildman–Crippen LogP) is 2.50. The molecule has 1 heterocycles. The smallest absolute Gasteiger partial charge is 0.295 e. The third kappa shape index (κ3) is 3.09. The van der Waals surface area contributed by atoms with Gasteiger partial charge < -0.3 is 10.2 Å². The molecular weight excluding hydrogens is 288 g/mol. The monoisotopic (exact) mass is 300 g/mol. The fourth-order valence-electron chi connectivity index (χ4n) is 1.51. The summed E-state index contributed by atoms with van der Waals surface area (Å²) in [5.74, 6) is 0.398. The lowest BCUT2D eigenvalue weighted by Gasteiger charge is -2.08. The number of nitrogens with one attached hydrogen (secondary N) is 1. The Kier molecular flexibility index (Phi) is 3.84.